The van der Waals surface area contributed by atoms with Gasteiger partial charge in [0.1, 0.15) is 0 Å². The summed E-state index contributed by atoms with van der Waals surface area (Å²) in [6, 6.07) is 1.94. The SMILES string of the molecule is C=Cc1cc(C)c(C(=O)N=C(N)N)cc1C(F)(F)F. The maximum Gasteiger partial charge on any atom is 0.417 e. The van der Waals surface area contributed by atoms with Crippen LogP contribution >= 0.6 is 0 Å². The van der Waals surface area contributed by atoms with Gasteiger partial charge in [-0.3, -0.25) is 4.79 Å². The predicted molar refractivity (Wildman–Crippen MR) is 66.4 cm³/mol. The highest BCUT2D eigenvalue weighted by atomic mass is 19.4. The Morgan fingerprint density at radius 2 is 1.95 bits per heavy atom. The molecule has 0 saturated heterocycles. The molecule has 0 fully saturated rings. The Kier molecular flexibility index (Phi) is 3.98. The molecule has 0 saturated carbocycles. The number of aryl methyl sites for hydroxylation is 1. The fraction of sp³-hybridized carbons (Fsp3) is 0.167. The number of rotatable bonds is 2. The summed E-state index contributed by atoms with van der Waals surface area (Å²) in [5.41, 5.74) is 9.13. The molecular weight excluding hydrogens is 259 g/mol. The Hall–Kier alpha value is -2.31. The molecule has 0 spiro atoms. The number of carbonyl (C=O) groups is 1. The van der Waals surface area contributed by atoms with Crippen molar-refractivity contribution in [3.8, 4) is 0 Å². The summed E-state index contributed by atoms with van der Waals surface area (Å²) in [6.07, 6.45) is -3.52. The van der Waals surface area contributed by atoms with Crippen molar-refractivity contribution in [3.05, 3.63) is 41.0 Å². The van der Waals surface area contributed by atoms with Gasteiger partial charge in [0.2, 0.25) is 0 Å². The normalized spacial score (nSPS) is 10.9. The van der Waals surface area contributed by atoms with Gasteiger partial charge in [-0.1, -0.05) is 18.7 Å². The van der Waals surface area contributed by atoms with Crippen LogP contribution < -0.4 is 11.5 Å². The molecule has 4 nitrogen and oxygen atoms in total. The molecular formula is C12H12F3N3O. The predicted octanol–water partition coefficient (Wildman–Crippen LogP) is 2.07. The highest BCUT2D eigenvalue weighted by Gasteiger charge is 2.34. The lowest BCUT2D eigenvalue weighted by atomic mass is 9.98. The van der Waals surface area contributed by atoms with E-state index in [0.29, 0.717) is 5.56 Å². The van der Waals surface area contributed by atoms with Crippen molar-refractivity contribution in [3.63, 3.8) is 0 Å². The summed E-state index contributed by atoms with van der Waals surface area (Å²) in [5, 5.41) is 0. The van der Waals surface area contributed by atoms with E-state index in [1.165, 1.54) is 13.0 Å². The third-order valence-corrected chi connectivity index (χ3v) is 2.38. The second-order valence-electron chi connectivity index (χ2n) is 3.80. The molecule has 0 atom stereocenters. The first-order valence-electron chi connectivity index (χ1n) is 5.15. The molecule has 7 heteroatoms. The molecule has 0 aliphatic heterocycles. The van der Waals surface area contributed by atoms with Crippen LogP contribution in [0, 0.1) is 6.92 Å². The molecule has 0 unspecified atom stereocenters. The maximum absolute atomic E-state index is 12.8. The van der Waals surface area contributed by atoms with Crippen LogP contribution in [0.5, 0.6) is 0 Å². The van der Waals surface area contributed by atoms with Gasteiger partial charge in [0.05, 0.1) is 5.56 Å². The van der Waals surface area contributed by atoms with Crippen molar-refractivity contribution >= 4 is 17.9 Å². The molecule has 0 aromatic heterocycles. The van der Waals surface area contributed by atoms with Gasteiger partial charge >= 0.3 is 6.18 Å². The second kappa shape index (κ2) is 5.13. The first-order chi connectivity index (χ1) is 8.66. The smallest absolute Gasteiger partial charge is 0.370 e. The third-order valence-electron chi connectivity index (χ3n) is 2.38. The quantitative estimate of drug-likeness (QED) is 0.638. The number of aliphatic imine (C=N–C) groups is 1. The second-order valence-corrected chi connectivity index (χ2v) is 3.80. The van der Waals surface area contributed by atoms with Crippen molar-refractivity contribution in [1.82, 2.24) is 0 Å². The van der Waals surface area contributed by atoms with Crippen LogP contribution in [0.3, 0.4) is 0 Å². The van der Waals surface area contributed by atoms with E-state index >= 15 is 0 Å². The number of carbonyl (C=O) groups excluding carboxylic acids is 1. The standard InChI is InChI=1S/C12H12F3N3O/c1-3-7-4-6(2)8(10(19)18-11(16)17)5-9(7)12(13,14)15/h3-5H,1H2,2H3,(H4,16,17,18,19). The monoisotopic (exact) mass is 271 g/mol. The number of amides is 1. The number of alkyl halides is 3. The van der Waals surface area contributed by atoms with E-state index in [1.54, 1.807) is 0 Å². The molecule has 4 N–H and O–H groups in total. The summed E-state index contributed by atoms with van der Waals surface area (Å²) in [4.78, 5) is 14.8. The van der Waals surface area contributed by atoms with Crippen LogP contribution in [0.4, 0.5) is 13.2 Å². The van der Waals surface area contributed by atoms with Crippen molar-refractivity contribution < 1.29 is 18.0 Å². The number of halogens is 3. The first kappa shape index (κ1) is 14.7. The molecule has 0 aliphatic carbocycles. The van der Waals surface area contributed by atoms with E-state index in [-0.39, 0.29) is 11.1 Å². The minimum atomic E-state index is -4.59. The van der Waals surface area contributed by atoms with Gasteiger partial charge in [0.25, 0.3) is 5.91 Å². The van der Waals surface area contributed by atoms with E-state index in [1.807, 2.05) is 0 Å². The zero-order chi connectivity index (χ0) is 14.8. The van der Waals surface area contributed by atoms with Crippen LogP contribution in [-0.4, -0.2) is 11.9 Å². The molecule has 19 heavy (non-hydrogen) atoms. The van der Waals surface area contributed by atoms with Gasteiger partial charge in [-0.15, -0.1) is 0 Å². The van der Waals surface area contributed by atoms with Crippen LogP contribution in [0.25, 0.3) is 6.08 Å². The van der Waals surface area contributed by atoms with E-state index in [2.05, 4.69) is 11.6 Å². The Bertz CT molecular complexity index is 558. The van der Waals surface area contributed by atoms with Crippen LogP contribution in [0.2, 0.25) is 0 Å². The lowest BCUT2D eigenvalue weighted by Gasteiger charge is -2.13. The van der Waals surface area contributed by atoms with E-state index < -0.39 is 23.6 Å². The number of nitrogens with zero attached hydrogens (tertiary/aromatic N) is 1. The first-order valence-corrected chi connectivity index (χ1v) is 5.15. The van der Waals surface area contributed by atoms with E-state index in [9.17, 15) is 18.0 Å². The highest BCUT2D eigenvalue weighted by molar-refractivity contribution is 6.03. The lowest BCUT2D eigenvalue weighted by molar-refractivity contribution is -0.137. The van der Waals surface area contributed by atoms with Crippen LogP contribution in [0.1, 0.15) is 27.0 Å². The summed E-state index contributed by atoms with van der Waals surface area (Å²) in [6.45, 7) is 4.81. The number of benzene rings is 1. The van der Waals surface area contributed by atoms with Gasteiger partial charge in [-0.05, 0) is 24.1 Å². The van der Waals surface area contributed by atoms with Gasteiger partial charge in [0.15, 0.2) is 5.96 Å². The fourth-order valence-electron chi connectivity index (χ4n) is 1.55. The number of nitrogens with two attached hydrogens (primary N) is 2. The minimum absolute atomic E-state index is 0.105. The summed E-state index contributed by atoms with van der Waals surface area (Å²) in [5.74, 6) is -1.43. The fourth-order valence-corrected chi connectivity index (χ4v) is 1.55. The van der Waals surface area contributed by atoms with Crippen molar-refractivity contribution in [2.45, 2.75) is 13.1 Å². The Morgan fingerprint density at radius 1 is 1.37 bits per heavy atom. The Morgan fingerprint density at radius 3 is 2.37 bits per heavy atom. The Labute approximate surface area is 107 Å². The van der Waals surface area contributed by atoms with Gasteiger partial charge in [0, 0.05) is 5.56 Å². The van der Waals surface area contributed by atoms with E-state index in [0.717, 1.165) is 12.1 Å². The number of hydrogen-bond acceptors (Lipinski definition) is 1. The van der Waals surface area contributed by atoms with Gasteiger partial charge in [-0.2, -0.15) is 18.2 Å². The van der Waals surface area contributed by atoms with E-state index in [4.69, 9.17) is 11.5 Å². The summed E-state index contributed by atoms with van der Waals surface area (Å²) < 4.78 is 38.5. The number of guanidine groups is 1. The largest absolute Gasteiger partial charge is 0.417 e. The molecule has 0 heterocycles. The van der Waals surface area contributed by atoms with Crippen molar-refractivity contribution in [1.29, 1.82) is 0 Å². The third kappa shape index (κ3) is 3.34. The zero-order valence-corrected chi connectivity index (χ0v) is 10.1. The summed E-state index contributed by atoms with van der Waals surface area (Å²) >= 11 is 0. The molecule has 1 amide bonds. The zero-order valence-electron chi connectivity index (χ0n) is 10.1. The van der Waals surface area contributed by atoms with Gasteiger partial charge in [-0.25, -0.2) is 0 Å². The molecule has 1 aromatic carbocycles. The molecule has 1 aromatic rings. The molecule has 1 rings (SSSR count). The summed E-state index contributed by atoms with van der Waals surface area (Å²) in [7, 11) is 0. The molecule has 0 radical (unpaired) electrons. The van der Waals surface area contributed by atoms with Crippen molar-refractivity contribution in [2.24, 2.45) is 16.5 Å². The van der Waals surface area contributed by atoms with Crippen LogP contribution in [0.15, 0.2) is 23.7 Å². The topological polar surface area (TPSA) is 81.5 Å². The van der Waals surface area contributed by atoms with Crippen LogP contribution in [-0.2, 0) is 6.18 Å². The molecule has 102 valence electrons. The molecule has 0 bridgehead atoms. The van der Waals surface area contributed by atoms with Gasteiger partial charge < -0.3 is 11.5 Å². The number of hydrogen-bond donors (Lipinski definition) is 2. The minimum Gasteiger partial charge on any atom is -0.370 e. The molecule has 0 aliphatic rings. The van der Waals surface area contributed by atoms with Crippen molar-refractivity contribution in [2.75, 3.05) is 0 Å². The average molecular weight is 271 g/mol. The maximum atomic E-state index is 12.8. The highest BCUT2D eigenvalue weighted by Crippen LogP contribution is 2.34. The average Bonchev–Trinajstić information content (AvgIpc) is 2.25. The lowest BCUT2D eigenvalue weighted by Crippen LogP contribution is -2.24. The Balaban J connectivity index is 3.48.